The van der Waals surface area contributed by atoms with E-state index in [1.54, 1.807) is 6.07 Å². The van der Waals surface area contributed by atoms with Crippen LogP contribution in [0.15, 0.2) is 12.1 Å². The molecule has 1 aliphatic rings. The highest BCUT2D eigenvalue weighted by molar-refractivity contribution is 6.31. The molecule has 3 nitrogen and oxygen atoms in total. The van der Waals surface area contributed by atoms with Crippen LogP contribution >= 0.6 is 11.6 Å². The largest absolute Gasteiger partial charge is 0.454 e. The smallest absolute Gasteiger partial charge is 0.231 e. The van der Waals surface area contributed by atoms with Crippen LogP contribution in [0.2, 0.25) is 5.02 Å². The van der Waals surface area contributed by atoms with E-state index >= 15 is 0 Å². The average Bonchev–Trinajstić information content (AvgIpc) is 2.61. The molecule has 0 aromatic heterocycles. The lowest BCUT2D eigenvalue weighted by atomic mass is 10.1. The topological polar surface area (TPSA) is 38.7 Å². The van der Waals surface area contributed by atoms with Crippen LogP contribution < -0.4 is 9.47 Å². The number of fused-ring (bicyclic) bond motifs is 1. The van der Waals surface area contributed by atoms with Gasteiger partial charge in [-0.15, -0.1) is 0 Å². The van der Waals surface area contributed by atoms with Gasteiger partial charge in [0.05, 0.1) is 0 Å². The predicted octanol–water partition coefficient (Wildman–Crippen LogP) is 1.99. The van der Waals surface area contributed by atoms with E-state index < -0.39 is 0 Å². The highest BCUT2D eigenvalue weighted by atomic mass is 35.5. The summed E-state index contributed by atoms with van der Waals surface area (Å²) in [6.45, 7) is 0.430. The van der Waals surface area contributed by atoms with Crippen molar-refractivity contribution in [2.45, 2.75) is 12.8 Å². The molecule has 1 N–H and O–H groups in total. The summed E-state index contributed by atoms with van der Waals surface area (Å²) in [5.74, 6) is 1.44. The minimum absolute atomic E-state index is 0.171. The zero-order valence-electron chi connectivity index (χ0n) is 7.62. The van der Waals surface area contributed by atoms with Crippen molar-refractivity contribution < 1.29 is 14.6 Å². The zero-order chi connectivity index (χ0) is 9.97. The van der Waals surface area contributed by atoms with Gasteiger partial charge in [0.25, 0.3) is 0 Å². The molecule has 76 valence electrons. The molecule has 1 aromatic carbocycles. The Morgan fingerprint density at radius 2 is 2.00 bits per heavy atom. The summed E-state index contributed by atoms with van der Waals surface area (Å²) in [5, 5.41) is 9.38. The molecular formula is C10H11ClO3. The second-order valence-corrected chi connectivity index (χ2v) is 3.53. The van der Waals surface area contributed by atoms with Gasteiger partial charge in [-0.05, 0) is 24.5 Å². The molecule has 0 saturated carbocycles. The van der Waals surface area contributed by atoms with Crippen molar-refractivity contribution in [3.05, 3.63) is 22.7 Å². The Hall–Kier alpha value is -0.930. The van der Waals surface area contributed by atoms with E-state index in [0.717, 1.165) is 17.7 Å². The first kappa shape index (κ1) is 9.62. The monoisotopic (exact) mass is 214 g/mol. The average molecular weight is 215 g/mol. The highest BCUT2D eigenvalue weighted by Gasteiger charge is 2.15. The number of benzene rings is 1. The lowest BCUT2D eigenvalue weighted by Gasteiger charge is -2.04. The number of aliphatic hydroxyl groups is 1. The van der Waals surface area contributed by atoms with Gasteiger partial charge in [0, 0.05) is 17.7 Å². The van der Waals surface area contributed by atoms with Crippen LogP contribution in [-0.4, -0.2) is 18.5 Å². The number of hydrogen-bond acceptors (Lipinski definition) is 3. The number of ether oxygens (including phenoxy) is 2. The molecular weight excluding hydrogens is 204 g/mol. The highest BCUT2D eigenvalue weighted by Crippen LogP contribution is 2.37. The summed E-state index contributed by atoms with van der Waals surface area (Å²) < 4.78 is 10.4. The first-order chi connectivity index (χ1) is 6.81. The van der Waals surface area contributed by atoms with Gasteiger partial charge in [-0.3, -0.25) is 0 Å². The van der Waals surface area contributed by atoms with E-state index in [1.807, 2.05) is 6.07 Å². The Morgan fingerprint density at radius 3 is 2.71 bits per heavy atom. The summed E-state index contributed by atoms with van der Waals surface area (Å²) in [6.07, 6.45) is 1.46. The summed E-state index contributed by atoms with van der Waals surface area (Å²) in [6, 6.07) is 3.64. The van der Waals surface area contributed by atoms with Gasteiger partial charge >= 0.3 is 0 Å². The van der Waals surface area contributed by atoms with Crippen molar-refractivity contribution in [3.63, 3.8) is 0 Å². The van der Waals surface area contributed by atoms with Gasteiger partial charge in [0.1, 0.15) is 0 Å². The maximum Gasteiger partial charge on any atom is 0.231 e. The quantitative estimate of drug-likeness (QED) is 0.837. The van der Waals surface area contributed by atoms with Crippen LogP contribution in [0.25, 0.3) is 0 Å². The Kier molecular flexibility index (Phi) is 2.79. The van der Waals surface area contributed by atoms with Crippen LogP contribution in [0.1, 0.15) is 12.0 Å². The molecule has 0 bridgehead atoms. The van der Waals surface area contributed by atoms with Crippen molar-refractivity contribution >= 4 is 11.6 Å². The van der Waals surface area contributed by atoms with E-state index in [9.17, 15) is 0 Å². The fraction of sp³-hybridized carbons (Fsp3) is 0.400. The molecule has 0 aliphatic carbocycles. The fourth-order valence-electron chi connectivity index (χ4n) is 1.42. The lowest BCUT2D eigenvalue weighted by molar-refractivity contribution is 0.174. The molecule has 4 heteroatoms. The second-order valence-electron chi connectivity index (χ2n) is 3.12. The van der Waals surface area contributed by atoms with Crippen molar-refractivity contribution in [1.82, 2.24) is 0 Å². The Balaban J connectivity index is 2.23. The molecule has 1 aromatic rings. The Bertz CT molecular complexity index is 338. The maximum absolute atomic E-state index is 8.71. The summed E-state index contributed by atoms with van der Waals surface area (Å²) in [5.41, 5.74) is 0.991. The molecule has 0 radical (unpaired) electrons. The summed E-state index contributed by atoms with van der Waals surface area (Å²) in [7, 11) is 0. The molecule has 1 heterocycles. The number of hydrogen-bond donors (Lipinski definition) is 1. The first-order valence-corrected chi connectivity index (χ1v) is 4.88. The second kappa shape index (κ2) is 4.07. The Morgan fingerprint density at radius 1 is 1.29 bits per heavy atom. The van der Waals surface area contributed by atoms with Gasteiger partial charge < -0.3 is 14.6 Å². The normalized spacial score (nSPS) is 13.3. The van der Waals surface area contributed by atoms with Crippen molar-refractivity contribution in [1.29, 1.82) is 0 Å². The molecule has 0 spiro atoms. The minimum atomic E-state index is 0.171. The molecule has 2 rings (SSSR count). The molecule has 0 amide bonds. The van der Waals surface area contributed by atoms with Crippen molar-refractivity contribution in [3.8, 4) is 11.5 Å². The number of rotatable bonds is 3. The van der Waals surface area contributed by atoms with Crippen molar-refractivity contribution in [2.24, 2.45) is 0 Å². The van der Waals surface area contributed by atoms with Gasteiger partial charge in [0.15, 0.2) is 11.5 Å². The number of halogens is 1. The van der Waals surface area contributed by atoms with Gasteiger partial charge in [-0.2, -0.15) is 0 Å². The Labute approximate surface area is 87.2 Å². The van der Waals surface area contributed by atoms with E-state index in [0.29, 0.717) is 17.2 Å². The van der Waals surface area contributed by atoms with Gasteiger partial charge in [0.2, 0.25) is 6.79 Å². The SMILES string of the molecule is OCCCc1cc2c(cc1Cl)OCO2. The minimum Gasteiger partial charge on any atom is -0.454 e. The summed E-state index contributed by atoms with van der Waals surface area (Å²) in [4.78, 5) is 0. The lowest BCUT2D eigenvalue weighted by Crippen LogP contribution is -1.93. The third-order valence-corrected chi connectivity index (χ3v) is 2.50. The van der Waals surface area contributed by atoms with E-state index in [1.165, 1.54) is 0 Å². The van der Waals surface area contributed by atoms with Gasteiger partial charge in [-0.25, -0.2) is 0 Å². The van der Waals surface area contributed by atoms with Crippen LogP contribution in [0.3, 0.4) is 0 Å². The van der Waals surface area contributed by atoms with E-state index in [-0.39, 0.29) is 13.4 Å². The third-order valence-electron chi connectivity index (χ3n) is 2.15. The van der Waals surface area contributed by atoms with Crippen molar-refractivity contribution in [2.75, 3.05) is 13.4 Å². The molecule has 0 atom stereocenters. The van der Waals surface area contributed by atoms with E-state index in [2.05, 4.69) is 0 Å². The molecule has 1 aliphatic heterocycles. The molecule has 14 heavy (non-hydrogen) atoms. The van der Waals surface area contributed by atoms with Crippen LogP contribution in [0.5, 0.6) is 11.5 Å². The zero-order valence-corrected chi connectivity index (χ0v) is 8.38. The predicted molar refractivity (Wildman–Crippen MR) is 53.0 cm³/mol. The molecule has 0 unspecified atom stereocenters. The van der Waals surface area contributed by atoms with Crippen LogP contribution in [0.4, 0.5) is 0 Å². The first-order valence-electron chi connectivity index (χ1n) is 4.50. The summed E-state index contributed by atoms with van der Waals surface area (Å²) >= 11 is 6.03. The molecule has 0 fully saturated rings. The standard InChI is InChI=1S/C10H11ClO3/c11-8-5-10-9(13-6-14-10)4-7(8)2-1-3-12/h4-5,12H,1-3,6H2. The maximum atomic E-state index is 8.71. The number of aliphatic hydroxyl groups excluding tert-OH is 1. The van der Waals surface area contributed by atoms with Crippen LogP contribution in [0, 0.1) is 0 Å². The third kappa shape index (κ3) is 1.79. The number of aryl methyl sites for hydroxylation is 1. The van der Waals surface area contributed by atoms with Crippen LogP contribution in [-0.2, 0) is 6.42 Å². The molecule has 0 saturated heterocycles. The van der Waals surface area contributed by atoms with Gasteiger partial charge in [-0.1, -0.05) is 11.6 Å². The van der Waals surface area contributed by atoms with E-state index in [4.69, 9.17) is 26.2 Å². The fourth-order valence-corrected chi connectivity index (χ4v) is 1.67.